The molecule has 0 bridgehead atoms. The van der Waals surface area contributed by atoms with Gasteiger partial charge in [0, 0.05) is 18.4 Å². The molecule has 0 radical (unpaired) electrons. The maximum Gasteiger partial charge on any atom is 0.244 e. The van der Waals surface area contributed by atoms with Gasteiger partial charge in [-0.2, -0.15) is 11.8 Å². The van der Waals surface area contributed by atoms with Crippen molar-refractivity contribution in [1.82, 2.24) is 9.71 Å². The monoisotopic (exact) mass is 289 g/mol. The minimum atomic E-state index is -3.57. The smallest absolute Gasteiger partial charge is 0.244 e. The summed E-state index contributed by atoms with van der Waals surface area (Å²) in [4.78, 5) is 3.83. The van der Waals surface area contributed by atoms with Gasteiger partial charge in [-0.05, 0) is 30.9 Å². The van der Waals surface area contributed by atoms with Crippen LogP contribution in [-0.2, 0) is 10.0 Å². The van der Waals surface area contributed by atoms with Crippen LogP contribution < -0.4 is 10.5 Å². The van der Waals surface area contributed by atoms with Gasteiger partial charge in [-0.25, -0.2) is 13.1 Å². The van der Waals surface area contributed by atoms with Gasteiger partial charge >= 0.3 is 0 Å². The molecule has 1 aromatic rings. The molecule has 18 heavy (non-hydrogen) atoms. The third-order valence-corrected chi connectivity index (χ3v) is 4.93. The SMILES string of the molecule is CCSCCC(C)NS(=O)(=O)c1cnccc1N. The van der Waals surface area contributed by atoms with E-state index in [1.54, 1.807) is 11.8 Å². The second-order valence-electron chi connectivity index (χ2n) is 3.92. The molecule has 1 rings (SSSR count). The van der Waals surface area contributed by atoms with Crippen LogP contribution in [0.5, 0.6) is 0 Å². The summed E-state index contributed by atoms with van der Waals surface area (Å²) in [6.45, 7) is 3.93. The zero-order valence-corrected chi connectivity index (χ0v) is 12.2. The standard InChI is InChI=1S/C11H19N3O2S2/c1-3-17-7-5-9(2)14-18(15,16)11-8-13-6-4-10(11)12/h4,6,8-9,14H,3,5,7H2,1-2H3,(H2,12,13). The molecular formula is C11H19N3O2S2. The number of anilines is 1. The first-order chi connectivity index (χ1) is 8.47. The highest BCUT2D eigenvalue weighted by molar-refractivity contribution is 7.99. The van der Waals surface area contributed by atoms with Crippen molar-refractivity contribution >= 4 is 27.5 Å². The molecule has 0 saturated carbocycles. The predicted octanol–water partition coefficient (Wildman–Crippen LogP) is 1.47. The van der Waals surface area contributed by atoms with Gasteiger partial charge in [0.15, 0.2) is 0 Å². The molecule has 1 aromatic heterocycles. The molecule has 5 nitrogen and oxygen atoms in total. The number of thioether (sulfide) groups is 1. The van der Waals surface area contributed by atoms with Crippen LogP contribution in [0.2, 0.25) is 0 Å². The van der Waals surface area contributed by atoms with Crippen LogP contribution >= 0.6 is 11.8 Å². The van der Waals surface area contributed by atoms with Crippen molar-refractivity contribution in [2.24, 2.45) is 0 Å². The quantitative estimate of drug-likeness (QED) is 0.743. The lowest BCUT2D eigenvalue weighted by Gasteiger charge is -2.14. The molecule has 0 saturated heterocycles. The largest absolute Gasteiger partial charge is 0.398 e. The van der Waals surface area contributed by atoms with E-state index in [1.807, 2.05) is 6.92 Å². The van der Waals surface area contributed by atoms with Crippen molar-refractivity contribution in [2.45, 2.75) is 31.2 Å². The zero-order valence-electron chi connectivity index (χ0n) is 10.6. The lowest BCUT2D eigenvalue weighted by molar-refractivity contribution is 0.557. The summed E-state index contributed by atoms with van der Waals surface area (Å²) in [6, 6.07) is 1.36. The zero-order chi connectivity index (χ0) is 13.6. The van der Waals surface area contributed by atoms with Crippen LogP contribution in [0, 0.1) is 0 Å². The summed E-state index contributed by atoms with van der Waals surface area (Å²) in [7, 11) is -3.57. The molecule has 0 aromatic carbocycles. The number of rotatable bonds is 7. The first-order valence-corrected chi connectivity index (χ1v) is 8.40. The Bertz CT molecular complexity index is 477. The molecule has 7 heteroatoms. The van der Waals surface area contributed by atoms with E-state index in [0.29, 0.717) is 0 Å². The summed E-state index contributed by atoms with van der Waals surface area (Å²) in [5.41, 5.74) is 5.86. The third kappa shape index (κ3) is 4.47. The number of hydrogen-bond acceptors (Lipinski definition) is 5. The van der Waals surface area contributed by atoms with Gasteiger partial charge < -0.3 is 5.73 Å². The molecule has 0 aliphatic heterocycles. The number of nitrogens with one attached hydrogen (secondary N) is 1. The van der Waals surface area contributed by atoms with Gasteiger partial charge in [0.2, 0.25) is 10.0 Å². The Balaban J connectivity index is 2.68. The van der Waals surface area contributed by atoms with Crippen molar-refractivity contribution in [3.05, 3.63) is 18.5 Å². The Kier molecular flexibility index (Phi) is 5.90. The molecule has 1 heterocycles. The summed E-state index contributed by atoms with van der Waals surface area (Å²) >= 11 is 1.79. The van der Waals surface area contributed by atoms with E-state index >= 15 is 0 Å². The van der Waals surface area contributed by atoms with Crippen molar-refractivity contribution < 1.29 is 8.42 Å². The van der Waals surface area contributed by atoms with Crippen molar-refractivity contribution in [3.8, 4) is 0 Å². The number of nitrogens with two attached hydrogens (primary N) is 1. The minimum absolute atomic E-state index is 0.0417. The van der Waals surface area contributed by atoms with Crippen LogP contribution in [0.25, 0.3) is 0 Å². The summed E-state index contributed by atoms with van der Waals surface area (Å²) < 4.78 is 26.7. The van der Waals surface area contributed by atoms with E-state index in [1.165, 1.54) is 18.5 Å². The Morgan fingerprint density at radius 1 is 1.56 bits per heavy atom. The minimum Gasteiger partial charge on any atom is -0.398 e. The highest BCUT2D eigenvalue weighted by atomic mass is 32.2. The topological polar surface area (TPSA) is 85.1 Å². The molecule has 102 valence electrons. The van der Waals surface area contributed by atoms with Gasteiger partial charge in [-0.15, -0.1) is 0 Å². The summed E-state index contributed by atoms with van der Waals surface area (Å²) in [6.07, 6.45) is 3.53. The molecule has 0 amide bonds. The fourth-order valence-electron chi connectivity index (χ4n) is 1.41. The molecule has 1 atom stereocenters. The molecule has 3 N–H and O–H groups in total. The van der Waals surface area contributed by atoms with E-state index < -0.39 is 10.0 Å². The number of hydrogen-bond donors (Lipinski definition) is 2. The number of aromatic nitrogens is 1. The van der Waals surface area contributed by atoms with E-state index in [9.17, 15) is 8.42 Å². The Morgan fingerprint density at radius 3 is 2.89 bits per heavy atom. The normalized spacial score (nSPS) is 13.4. The molecule has 0 aliphatic carbocycles. The molecule has 1 unspecified atom stereocenters. The molecule has 0 spiro atoms. The van der Waals surface area contributed by atoms with E-state index in [2.05, 4.69) is 16.6 Å². The molecule has 0 aliphatic rings. The Hall–Kier alpha value is -0.790. The highest BCUT2D eigenvalue weighted by Crippen LogP contribution is 2.16. The Morgan fingerprint density at radius 2 is 2.28 bits per heavy atom. The van der Waals surface area contributed by atoms with E-state index in [4.69, 9.17) is 5.73 Å². The highest BCUT2D eigenvalue weighted by Gasteiger charge is 2.19. The Labute approximate surface area is 113 Å². The van der Waals surface area contributed by atoms with Crippen LogP contribution in [0.4, 0.5) is 5.69 Å². The van der Waals surface area contributed by atoms with Crippen molar-refractivity contribution in [1.29, 1.82) is 0 Å². The average molecular weight is 289 g/mol. The lowest BCUT2D eigenvalue weighted by Crippen LogP contribution is -2.33. The second kappa shape index (κ2) is 6.96. The second-order valence-corrected chi connectivity index (χ2v) is 7.00. The maximum absolute atomic E-state index is 12.1. The molecular weight excluding hydrogens is 270 g/mol. The van der Waals surface area contributed by atoms with E-state index in [0.717, 1.165) is 17.9 Å². The third-order valence-electron chi connectivity index (χ3n) is 2.36. The predicted molar refractivity (Wildman–Crippen MR) is 76.0 cm³/mol. The van der Waals surface area contributed by atoms with Crippen molar-refractivity contribution in [3.63, 3.8) is 0 Å². The fourth-order valence-corrected chi connectivity index (χ4v) is 3.57. The first kappa shape index (κ1) is 15.3. The van der Waals surface area contributed by atoms with Gasteiger partial charge in [0.1, 0.15) is 4.90 Å². The van der Waals surface area contributed by atoms with Gasteiger partial charge in [0.05, 0.1) is 5.69 Å². The number of sulfonamides is 1. The number of pyridine rings is 1. The first-order valence-electron chi connectivity index (χ1n) is 5.77. The van der Waals surface area contributed by atoms with Crippen molar-refractivity contribution in [2.75, 3.05) is 17.2 Å². The maximum atomic E-state index is 12.1. The fraction of sp³-hybridized carbons (Fsp3) is 0.545. The molecule has 0 fully saturated rings. The number of nitrogen functional groups attached to an aromatic ring is 1. The van der Waals surface area contributed by atoms with Crippen LogP contribution in [0.1, 0.15) is 20.3 Å². The lowest BCUT2D eigenvalue weighted by atomic mass is 10.3. The average Bonchev–Trinajstić information content (AvgIpc) is 2.29. The van der Waals surface area contributed by atoms with E-state index in [-0.39, 0.29) is 16.6 Å². The van der Waals surface area contributed by atoms with Gasteiger partial charge in [-0.3, -0.25) is 4.98 Å². The summed E-state index contributed by atoms with van der Waals surface area (Å²) in [5.74, 6) is 1.97. The van der Waals surface area contributed by atoms with Crippen LogP contribution in [-0.4, -0.2) is 30.9 Å². The van der Waals surface area contributed by atoms with Gasteiger partial charge in [0.25, 0.3) is 0 Å². The van der Waals surface area contributed by atoms with Crippen LogP contribution in [0.15, 0.2) is 23.4 Å². The summed E-state index contributed by atoms with van der Waals surface area (Å²) in [5, 5.41) is 0. The van der Waals surface area contributed by atoms with Crippen LogP contribution in [0.3, 0.4) is 0 Å². The van der Waals surface area contributed by atoms with Gasteiger partial charge in [-0.1, -0.05) is 6.92 Å². The number of nitrogens with zero attached hydrogens (tertiary/aromatic N) is 1.